The van der Waals surface area contributed by atoms with Crippen molar-refractivity contribution in [3.63, 3.8) is 0 Å². The number of hydrogen-bond acceptors (Lipinski definition) is 3. The summed E-state index contributed by atoms with van der Waals surface area (Å²) in [7, 11) is 0. The lowest BCUT2D eigenvalue weighted by molar-refractivity contribution is -0.783. The summed E-state index contributed by atoms with van der Waals surface area (Å²) < 4.78 is 5.34. The zero-order valence-corrected chi connectivity index (χ0v) is 13.2. The second kappa shape index (κ2) is 7.51. The average molecular weight is 305 g/mol. The molecule has 1 heterocycles. The Hall–Kier alpha value is -1.72. The van der Waals surface area contributed by atoms with Crippen LogP contribution in [0.3, 0.4) is 0 Å². The molecule has 1 aromatic rings. The molecule has 1 fully saturated rings. The molecule has 2 N–H and O–H groups in total. The van der Waals surface area contributed by atoms with Crippen LogP contribution in [0, 0.1) is 0 Å². The third-order valence-electron chi connectivity index (χ3n) is 4.56. The van der Waals surface area contributed by atoms with Crippen LogP contribution in [-0.4, -0.2) is 42.2 Å². The van der Waals surface area contributed by atoms with Crippen LogP contribution < -0.4 is 5.73 Å². The van der Waals surface area contributed by atoms with Crippen LogP contribution in [0.15, 0.2) is 30.3 Å². The molecule has 0 radical (unpaired) electrons. The van der Waals surface area contributed by atoms with Gasteiger partial charge >= 0.3 is 11.9 Å². The van der Waals surface area contributed by atoms with Gasteiger partial charge in [0.05, 0.1) is 26.2 Å². The van der Waals surface area contributed by atoms with Gasteiger partial charge in [-0.25, -0.2) is 9.59 Å². The van der Waals surface area contributed by atoms with Gasteiger partial charge < -0.3 is 10.5 Å². The summed E-state index contributed by atoms with van der Waals surface area (Å²) in [6.07, 6.45) is 2.79. The molecule has 5 nitrogen and oxygen atoms in total. The molecule has 0 spiro atoms. The van der Waals surface area contributed by atoms with E-state index < -0.39 is 6.03 Å². The topological polar surface area (TPSA) is 69.4 Å². The fraction of sp³-hybridized carbons (Fsp3) is 0.529. The van der Waals surface area contributed by atoms with E-state index in [-0.39, 0.29) is 22.9 Å². The predicted octanol–water partition coefficient (Wildman–Crippen LogP) is 2.24. The van der Waals surface area contributed by atoms with Crippen molar-refractivity contribution in [2.24, 2.45) is 5.73 Å². The van der Waals surface area contributed by atoms with Crippen LogP contribution in [0.5, 0.6) is 0 Å². The van der Waals surface area contributed by atoms with Gasteiger partial charge in [-0.2, -0.15) is 4.48 Å². The van der Waals surface area contributed by atoms with Crippen molar-refractivity contribution in [2.45, 2.75) is 38.6 Å². The number of rotatable bonds is 6. The normalized spacial score (nSPS) is 24.3. The molecule has 0 bridgehead atoms. The monoisotopic (exact) mass is 305 g/mol. The summed E-state index contributed by atoms with van der Waals surface area (Å²) >= 11 is 0. The summed E-state index contributed by atoms with van der Waals surface area (Å²) in [5.74, 6) is -0.114. The number of ether oxygens (including phenoxy) is 1. The molecule has 1 aliphatic heterocycles. The third kappa shape index (κ3) is 3.54. The van der Waals surface area contributed by atoms with E-state index in [9.17, 15) is 9.59 Å². The van der Waals surface area contributed by atoms with Crippen LogP contribution >= 0.6 is 0 Å². The molecule has 0 saturated carbocycles. The number of hydrogen-bond donors (Lipinski definition) is 1. The number of nitrogens with zero attached hydrogens (tertiary/aromatic N) is 1. The minimum Gasteiger partial charge on any atom is -0.380 e. The van der Waals surface area contributed by atoms with Gasteiger partial charge in [0.15, 0.2) is 0 Å². The zero-order valence-electron chi connectivity index (χ0n) is 13.2. The largest absolute Gasteiger partial charge is 0.421 e. The van der Waals surface area contributed by atoms with Crippen molar-refractivity contribution >= 4 is 11.9 Å². The van der Waals surface area contributed by atoms with Gasteiger partial charge in [-0.3, -0.25) is 0 Å². The summed E-state index contributed by atoms with van der Waals surface area (Å²) in [6.45, 7) is 3.36. The van der Waals surface area contributed by atoms with E-state index in [1.54, 1.807) is 0 Å². The Kier molecular flexibility index (Phi) is 5.69. The Bertz CT molecular complexity index is 518. The SMILES string of the molecule is C[C@@H]1CCC[N+]1(C(N)=O)C(=O)CCOCCc1ccccc1. The molecule has 1 aromatic carbocycles. The average Bonchev–Trinajstić information content (AvgIpc) is 2.90. The van der Waals surface area contributed by atoms with Gasteiger partial charge in [0, 0.05) is 12.8 Å². The van der Waals surface area contributed by atoms with Crippen LogP contribution in [0.2, 0.25) is 0 Å². The molecule has 2 rings (SSSR count). The smallest absolute Gasteiger partial charge is 0.380 e. The van der Waals surface area contributed by atoms with Gasteiger partial charge in [0.25, 0.3) is 0 Å². The maximum atomic E-state index is 12.4. The number of primary amides is 1. The van der Waals surface area contributed by atoms with Crippen LogP contribution in [0.25, 0.3) is 0 Å². The summed E-state index contributed by atoms with van der Waals surface area (Å²) in [5, 5.41) is 0. The number of carbonyl (C=O) groups excluding carboxylic acids is 2. The number of carbonyl (C=O) groups is 2. The lowest BCUT2D eigenvalue weighted by Gasteiger charge is -2.30. The molecule has 1 unspecified atom stereocenters. The second-order valence-corrected chi connectivity index (χ2v) is 5.91. The quantitative estimate of drug-likeness (QED) is 0.647. The Morgan fingerprint density at radius 2 is 2.00 bits per heavy atom. The molecule has 1 saturated heterocycles. The zero-order chi connectivity index (χ0) is 16.0. The molecule has 1 aliphatic rings. The van der Waals surface area contributed by atoms with Crippen molar-refractivity contribution in [2.75, 3.05) is 19.8 Å². The number of nitrogens with two attached hydrogens (primary N) is 1. The Morgan fingerprint density at radius 3 is 2.59 bits per heavy atom. The minimum atomic E-state index is -0.528. The molecule has 3 amide bonds. The molecule has 0 aromatic heterocycles. The van der Waals surface area contributed by atoms with Crippen LogP contribution in [-0.2, 0) is 16.0 Å². The molecule has 5 heteroatoms. The van der Waals surface area contributed by atoms with Crippen molar-refractivity contribution in [3.05, 3.63) is 35.9 Å². The first kappa shape index (κ1) is 16.6. The molecule has 120 valence electrons. The standard InChI is InChI=1S/C17H24N2O3/c1-14-6-5-11-19(14,17(18)21)16(20)10-13-22-12-9-15-7-3-2-4-8-15/h2-4,7-8,14H,5-6,9-13H2,1H3,(H-,18,21)/p+1/t14-,19?/m1/s1. The van der Waals surface area contributed by atoms with E-state index in [1.165, 1.54) is 5.56 Å². The summed E-state index contributed by atoms with van der Waals surface area (Å²) in [6, 6.07) is 9.52. The Balaban J connectivity index is 1.76. The highest BCUT2D eigenvalue weighted by atomic mass is 16.5. The van der Waals surface area contributed by atoms with Crippen molar-refractivity contribution < 1.29 is 18.8 Å². The van der Waals surface area contributed by atoms with Gasteiger partial charge in [0.2, 0.25) is 0 Å². The van der Waals surface area contributed by atoms with E-state index in [2.05, 4.69) is 0 Å². The fourth-order valence-electron chi connectivity index (χ4n) is 3.19. The number of amides is 3. The van der Waals surface area contributed by atoms with Gasteiger partial charge in [-0.05, 0) is 18.9 Å². The van der Waals surface area contributed by atoms with E-state index in [0.717, 1.165) is 19.3 Å². The Morgan fingerprint density at radius 1 is 1.27 bits per heavy atom. The molecule has 22 heavy (non-hydrogen) atoms. The van der Waals surface area contributed by atoms with Crippen molar-refractivity contribution in [3.8, 4) is 0 Å². The molecule has 0 aliphatic carbocycles. The van der Waals surface area contributed by atoms with E-state index in [4.69, 9.17) is 10.5 Å². The van der Waals surface area contributed by atoms with Crippen molar-refractivity contribution in [1.29, 1.82) is 0 Å². The van der Waals surface area contributed by atoms with Gasteiger partial charge in [-0.15, -0.1) is 0 Å². The lowest BCUT2D eigenvalue weighted by atomic mass is 10.2. The van der Waals surface area contributed by atoms with Crippen LogP contribution in [0.1, 0.15) is 31.7 Å². The summed E-state index contributed by atoms with van der Waals surface area (Å²) in [4.78, 5) is 24.2. The van der Waals surface area contributed by atoms with E-state index in [1.807, 2.05) is 37.3 Å². The lowest BCUT2D eigenvalue weighted by Crippen LogP contribution is -2.61. The van der Waals surface area contributed by atoms with Gasteiger partial charge in [-0.1, -0.05) is 30.3 Å². The Labute approximate surface area is 131 Å². The number of benzene rings is 1. The molecular weight excluding hydrogens is 280 g/mol. The fourth-order valence-corrected chi connectivity index (χ4v) is 3.19. The minimum absolute atomic E-state index is 0.0191. The number of likely N-dealkylation sites (tertiary alicyclic amines) is 1. The number of urea groups is 1. The first-order chi connectivity index (χ1) is 10.6. The molecule has 2 atom stereocenters. The predicted molar refractivity (Wildman–Crippen MR) is 84.0 cm³/mol. The summed E-state index contributed by atoms with van der Waals surface area (Å²) in [5.41, 5.74) is 6.71. The highest BCUT2D eigenvalue weighted by Crippen LogP contribution is 2.28. The molecular formula is C17H25N2O3+. The number of quaternary nitrogens is 1. The van der Waals surface area contributed by atoms with E-state index >= 15 is 0 Å². The van der Waals surface area contributed by atoms with E-state index in [0.29, 0.717) is 19.8 Å². The second-order valence-electron chi connectivity index (χ2n) is 5.91. The highest BCUT2D eigenvalue weighted by molar-refractivity contribution is 5.83. The highest BCUT2D eigenvalue weighted by Gasteiger charge is 2.50. The van der Waals surface area contributed by atoms with Gasteiger partial charge in [0.1, 0.15) is 6.04 Å². The van der Waals surface area contributed by atoms with Crippen molar-refractivity contribution in [1.82, 2.24) is 0 Å². The third-order valence-corrected chi connectivity index (χ3v) is 4.56. The van der Waals surface area contributed by atoms with Crippen LogP contribution in [0.4, 0.5) is 4.79 Å². The maximum Gasteiger partial charge on any atom is 0.421 e. The first-order valence-electron chi connectivity index (χ1n) is 7.90. The number of imide groups is 1. The maximum absolute atomic E-state index is 12.4. The first-order valence-corrected chi connectivity index (χ1v) is 7.90.